The van der Waals surface area contributed by atoms with Crippen molar-refractivity contribution in [3.63, 3.8) is 0 Å². The molecule has 2 aromatic rings. The summed E-state index contributed by atoms with van der Waals surface area (Å²) in [5.41, 5.74) is 4.21. The number of H-pyrrole nitrogens is 1. The fourth-order valence-corrected chi connectivity index (χ4v) is 3.15. The number of nitrogens with one attached hydrogen (secondary N) is 1. The molecule has 1 aromatic heterocycles. The molecule has 5 heteroatoms. The molecule has 1 aliphatic carbocycles. The largest absolute Gasteiger partial charge is 0.395 e. The lowest BCUT2D eigenvalue weighted by atomic mass is 9.99. The number of aryl methyl sites for hydroxylation is 2. The molecule has 2 N–H and O–H groups in total. The van der Waals surface area contributed by atoms with Gasteiger partial charge in [0.25, 0.3) is 0 Å². The number of carbonyl (C=O) groups is 1. The minimum Gasteiger partial charge on any atom is -0.395 e. The summed E-state index contributed by atoms with van der Waals surface area (Å²) in [5.74, 6) is -0.0107. The number of amides is 1. The lowest BCUT2D eigenvalue weighted by Crippen LogP contribution is -2.36. The van der Waals surface area contributed by atoms with Crippen molar-refractivity contribution < 1.29 is 9.90 Å². The zero-order chi connectivity index (χ0) is 15.5. The lowest BCUT2D eigenvalue weighted by molar-refractivity contribution is -0.134. The fraction of sp³-hybridized carbons (Fsp3) is 0.412. The summed E-state index contributed by atoms with van der Waals surface area (Å²) in [6, 6.07) is 8.14. The average Bonchev–Trinajstić information content (AvgIpc) is 3.13. The second-order valence-corrected chi connectivity index (χ2v) is 5.75. The first-order valence-electron chi connectivity index (χ1n) is 7.67. The molecule has 0 saturated heterocycles. The SMILES string of the molecule is Cc1[nH]cnc1CN(CCO)C(=O)C1CCc2ccccc21. The molecule has 1 heterocycles. The van der Waals surface area contributed by atoms with Crippen molar-refractivity contribution in [3.05, 3.63) is 53.1 Å². The van der Waals surface area contributed by atoms with Gasteiger partial charge in [0.1, 0.15) is 0 Å². The molecule has 1 aliphatic rings. The van der Waals surface area contributed by atoms with E-state index in [9.17, 15) is 9.90 Å². The summed E-state index contributed by atoms with van der Waals surface area (Å²) in [6.45, 7) is 2.68. The number of carbonyl (C=O) groups excluding carboxylic acids is 1. The van der Waals surface area contributed by atoms with Gasteiger partial charge in [0.05, 0.1) is 31.1 Å². The van der Waals surface area contributed by atoms with Crippen LogP contribution in [0.5, 0.6) is 0 Å². The van der Waals surface area contributed by atoms with Gasteiger partial charge in [-0.15, -0.1) is 0 Å². The van der Waals surface area contributed by atoms with Crippen molar-refractivity contribution >= 4 is 5.91 Å². The number of nitrogens with zero attached hydrogens (tertiary/aromatic N) is 2. The molecule has 0 radical (unpaired) electrons. The van der Waals surface area contributed by atoms with E-state index < -0.39 is 0 Å². The van der Waals surface area contributed by atoms with Crippen LogP contribution in [0, 0.1) is 6.92 Å². The number of fused-ring (bicyclic) bond motifs is 1. The summed E-state index contributed by atoms with van der Waals surface area (Å²) in [5, 5.41) is 9.30. The third kappa shape index (κ3) is 2.76. The van der Waals surface area contributed by atoms with Crippen LogP contribution in [0.3, 0.4) is 0 Å². The van der Waals surface area contributed by atoms with E-state index in [-0.39, 0.29) is 18.4 Å². The molecule has 3 rings (SSSR count). The van der Waals surface area contributed by atoms with Gasteiger partial charge in [-0.2, -0.15) is 0 Å². The van der Waals surface area contributed by atoms with E-state index in [1.165, 1.54) is 5.56 Å². The standard InChI is InChI=1S/C17H21N3O2/c1-12-16(19-11-18-12)10-20(8-9-21)17(22)15-7-6-13-4-2-3-5-14(13)15/h2-5,11,15,21H,6-10H2,1H3,(H,18,19). The van der Waals surface area contributed by atoms with Gasteiger partial charge in [-0.05, 0) is 30.9 Å². The zero-order valence-electron chi connectivity index (χ0n) is 12.7. The molecule has 1 unspecified atom stereocenters. The third-order valence-electron chi connectivity index (χ3n) is 4.39. The Labute approximate surface area is 130 Å². The van der Waals surface area contributed by atoms with E-state index in [0.717, 1.165) is 29.8 Å². The van der Waals surface area contributed by atoms with E-state index in [1.807, 2.05) is 25.1 Å². The molecule has 0 saturated carbocycles. The molecule has 1 aromatic carbocycles. The highest BCUT2D eigenvalue weighted by Crippen LogP contribution is 2.34. The fourth-order valence-electron chi connectivity index (χ4n) is 3.15. The van der Waals surface area contributed by atoms with Crippen LogP contribution >= 0.6 is 0 Å². The predicted octanol–water partition coefficient (Wildman–Crippen LogP) is 1.77. The van der Waals surface area contributed by atoms with Gasteiger partial charge >= 0.3 is 0 Å². The quantitative estimate of drug-likeness (QED) is 0.884. The molecule has 116 valence electrons. The van der Waals surface area contributed by atoms with Crippen molar-refractivity contribution in [2.75, 3.05) is 13.2 Å². The van der Waals surface area contributed by atoms with Crippen LogP contribution in [0.25, 0.3) is 0 Å². The molecule has 1 amide bonds. The van der Waals surface area contributed by atoms with Crippen molar-refractivity contribution in [1.29, 1.82) is 0 Å². The Kier molecular flexibility index (Phi) is 4.24. The summed E-state index contributed by atoms with van der Waals surface area (Å²) >= 11 is 0. The molecule has 0 aliphatic heterocycles. The number of rotatable bonds is 5. The maximum absolute atomic E-state index is 12.9. The number of hydrogen-bond acceptors (Lipinski definition) is 3. The highest BCUT2D eigenvalue weighted by molar-refractivity contribution is 5.85. The number of hydrogen-bond donors (Lipinski definition) is 2. The molecule has 5 nitrogen and oxygen atoms in total. The maximum Gasteiger partial charge on any atom is 0.230 e. The van der Waals surface area contributed by atoms with Crippen LogP contribution in [0.2, 0.25) is 0 Å². The summed E-state index contributed by atoms with van der Waals surface area (Å²) in [6.07, 6.45) is 3.43. The monoisotopic (exact) mass is 299 g/mol. The van der Waals surface area contributed by atoms with Crippen molar-refractivity contribution in [2.24, 2.45) is 0 Å². The Hall–Kier alpha value is -2.14. The van der Waals surface area contributed by atoms with Crippen LogP contribution in [0.1, 0.15) is 34.9 Å². The number of benzene rings is 1. The Morgan fingerprint density at radius 1 is 1.45 bits per heavy atom. The summed E-state index contributed by atoms with van der Waals surface area (Å²) in [7, 11) is 0. The van der Waals surface area contributed by atoms with E-state index in [1.54, 1.807) is 11.2 Å². The normalized spacial score (nSPS) is 16.5. The van der Waals surface area contributed by atoms with Crippen molar-refractivity contribution in [2.45, 2.75) is 32.2 Å². The molecular formula is C17H21N3O2. The number of aliphatic hydroxyl groups excluding tert-OH is 1. The molecule has 0 fully saturated rings. The Balaban J connectivity index is 1.80. The van der Waals surface area contributed by atoms with Gasteiger partial charge in [0.15, 0.2) is 0 Å². The number of aromatic nitrogens is 2. The van der Waals surface area contributed by atoms with Gasteiger partial charge in [-0.25, -0.2) is 4.98 Å². The van der Waals surface area contributed by atoms with Gasteiger partial charge in [0.2, 0.25) is 5.91 Å². The summed E-state index contributed by atoms with van der Waals surface area (Å²) < 4.78 is 0. The van der Waals surface area contributed by atoms with Crippen molar-refractivity contribution in [3.8, 4) is 0 Å². The van der Waals surface area contributed by atoms with Gasteiger partial charge in [0, 0.05) is 12.2 Å². The number of aromatic amines is 1. The van der Waals surface area contributed by atoms with Gasteiger partial charge < -0.3 is 15.0 Å². The second kappa shape index (κ2) is 6.32. The molecular weight excluding hydrogens is 278 g/mol. The first kappa shape index (κ1) is 14.8. The number of aliphatic hydroxyl groups is 1. The Morgan fingerprint density at radius 2 is 2.27 bits per heavy atom. The predicted molar refractivity (Wildman–Crippen MR) is 83.3 cm³/mol. The molecule has 22 heavy (non-hydrogen) atoms. The molecule has 0 bridgehead atoms. The number of imidazole rings is 1. The minimum atomic E-state index is -0.0954. The minimum absolute atomic E-state index is 0.0381. The zero-order valence-corrected chi connectivity index (χ0v) is 12.7. The first-order valence-corrected chi connectivity index (χ1v) is 7.67. The third-order valence-corrected chi connectivity index (χ3v) is 4.39. The van der Waals surface area contributed by atoms with Gasteiger partial charge in [-0.3, -0.25) is 4.79 Å². The van der Waals surface area contributed by atoms with E-state index in [0.29, 0.717) is 13.1 Å². The second-order valence-electron chi connectivity index (χ2n) is 5.75. The van der Waals surface area contributed by atoms with Gasteiger partial charge in [-0.1, -0.05) is 24.3 Å². The van der Waals surface area contributed by atoms with Crippen LogP contribution < -0.4 is 0 Å². The Morgan fingerprint density at radius 3 is 3.00 bits per heavy atom. The maximum atomic E-state index is 12.9. The highest BCUT2D eigenvalue weighted by atomic mass is 16.3. The van der Waals surface area contributed by atoms with Crippen LogP contribution in [0.15, 0.2) is 30.6 Å². The van der Waals surface area contributed by atoms with E-state index in [4.69, 9.17) is 0 Å². The molecule has 1 atom stereocenters. The van der Waals surface area contributed by atoms with Crippen LogP contribution in [-0.2, 0) is 17.8 Å². The van der Waals surface area contributed by atoms with Crippen LogP contribution in [-0.4, -0.2) is 39.0 Å². The summed E-state index contributed by atoms with van der Waals surface area (Å²) in [4.78, 5) is 21.9. The Bertz CT molecular complexity index is 665. The van der Waals surface area contributed by atoms with E-state index in [2.05, 4.69) is 16.0 Å². The highest BCUT2D eigenvalue weighted by Gasteiger charge is 2.31. The smallest absolute Gasteiger partial charge is 0.230 e. The average molecular weight is 299 g/mol. The lowest BCUT2D eigenvalue weighted by Gasteiger charge is -2.25. The first-order chi connectivity index (χ1) is 10.7. The molecule has 0 spiro atoms. The van der Waals surface area contributed by atoms with Crippen molar-refractivity contribution in [1.82, 2.24) is 14.9 Å². The topological polar surface area (TPSA) is 69.2 Å². The van der Waals surface area contributed by atoms with Crippen LogP contribution in [0.4, 0.5) is 0 Å². The van der Waals surface area contributed by atoms with E-state index >= 15 is 0 Å².